The standard InChI is InChI=1S/C18H22N2O3/c1-18(2,3)17(23)19-10-8-12(9-11-19)20-15(21)13-6-4-5-7-14(13)16(20)22/h4-7,12H,8-11H2,1-3H3. The average molecular weight is 314 g/mol. The molecule has 122 valence electrons. The van der Waals surface area contributed by atoms with Gasteiger partial charge in [-0.25, -0.2) is 0 Å². The fourth-order valence-electron chi connectivity index (χ4n) is 3.34. The number of hydrogen-bond donors (Lipinski definition) is 0. The van der Waals surface area contributed by atoms with E-state index in [-0.39, 0.29) is 23.8 Å². The number of benzene rings is 1. The fourth-order valence-corrected chi connectivity index (χ4v) is 3.34. The summed E-state index contributed by atoms with van der Waals surface area (Å²) in [5, 5.41) is 0. The van der Waals surface area contributed by atoms with E-state index in [0.29, 0.717) is 37.1 Å². The summed E-state index contributed by atoms with van der Waals surface area (Å²) in [5.41, 5.74) is 0.582. The van der Waals surface area contributed by atoms with Crippen molar-refractivity contribution in [2.24, 2.45) is 5.41 Å². The summed E-state index contributed by atoms with van der Waals surface area (Å²) in [7, 11) is 0. The van der Waals surface area contributed by atoms with Crippen LogP contribution < -0.4 is 0 Å². The normalized spacial score (nSPS) is 19.3. The number of imide groups is 1. The van der Waals surface area contributed by atoms with Gasteiger partial charge in [-0.2, -0.15) is 0 Å². The van der Waals surface area contributed by atoms with E-state index in [2.05, 4.69) is 0 Å². The Hall–Kier alpha value is -2.17. The molecule has 1 aromatic rings. The number of hydrogen-bond acceptors (Lipinski definition) is 3. The molecule has 0 saturated carbocycles. The second kappa shape index (κ2) is 5.48. The van der Waals surface area contributed by atoms with Gasteiger partial charge in [0.25, 0.3) is 11.8 Å². The van der Waals surface area contributed by atoms with Gasteiger partial charge in [0.15, 0.2) is 0 Å². The predicted molar refractivity (Wildman–Crippen MR) is 86.0 cm³/mol. The Labute approximate surface area is 136 Å². The number of amides is 3. The van der Waals surface area contributed by atoms with Crippen molar-refractivity contribution >= 4 is 17.7 Å². The van der Waals surface area contributed by atoms with E-state index in [4.69, 9.17) is 0 Å². The lowest BCUT2D eigenvalue weighted by atomic mass is 9.92. The van der Waals surface area contributed by atoms with Crippen LogP contribution in [-0.4, -0.2) is 46.7 Å². The number of nitrogens with zero attached hydrogens (tertiary/aromatic N) is 2. The maximum absolute atomic E-state index is 12.5. The van der Waals surface area contributed by atoms with E-state index < -0.39 is 5.41 Å². The molecule has 2 heterocycles. The third-order valence-corrected chi connectivity index (χ3v) is 4.58. The van der Waals surface area contributed by atoms with E-state index in [0.717, 1.165) is 0 Å². The number of rotatable bonds is 1. The monoisotopic (exact) mass is 314 g/mol. The van der Waals surface area contributed by atoms with E-state index >= 15 is 0 Å². The van der Waals surface area contributed by atoms with Gasteiger partial charge in [-0.15, -0.1) is 0 Å². The smallest absolute Gasteiger partial charge is 0.261 e. The molecule has 0 bridgehead atoms. The van der Waals surface area contributed by atoms with Gasteiger partial charge in [-0.1, -0.05) is 32.9 Å². The first-order valence-electron chi connectivity index (χ1n) is 8.07. The zero-order chi connectivity index (χ0) is 16.8. The zero-order valence-corrected chi connectivity index (χ0v) is 13.8. The Bertz CT molecular complexity index is 632. The van der Waals surface area contributed by atoms with Crippen LogP contribution in [0.5, 0.6) is 0 Å². The van der Waals surface area contributed by atoms with Crippen molar-refractivity contribution in [3.63, 3.8) is 0 Å². The number of carbonyl (C=O) groups is 3. The third kappa shape index (κ3) is 2.64. The molecule has 5 heteroatoms. The summed E-state index contributed by atoms with van der Waals surface area (Å²) < 4.78 is 0. The van der Waals surface area contributed by atoms with Gasteiger partial charge in [0.1, 0.15) is 0 Å². The first-order chi connectivity index (χ1) is 10.8. The maximum atomic E-state index is 12.5. The van der Waals surface area contributed by atoms with Gasteiger partial charge in [0.05, 0.1) is 11.1 Å². The minimum absolute atomic E-state index is 0.119. The molecule has 0 N–H and O–H groups in total. The molecule has 0 atom stereocenters. The zero-order valence-electron chi connectivity index (χ0n) is 13.8. The third-order valence-electron chi connectivity index (χ3n) is 4.58. The van der Waals surface area contributed by atoms with Gasteiger partial charge in [-0.05, 0) is 25.0 Å². The van der Waals surface area contributed by atoms with Crippen molar-refractivity contribution in [1.82, 2.24) is 9.80 Å². The van der Waals surface area contributed by atoms with E-state index in [1.165, 1.54) is 4.90 Å². The highest BCUT2D eigenvalue weighted by molar-refractivity contribution is 6.21. The van der Waals surface area contributed by atoms with Crippen LogP contribution in [0, 0.1) is 5.41 Å². The molecule has 2 aliphatic heterocycles. The molecule has 0 aliphatic carbocycles. The Kier molecular flexibility index (Phi) is 3.74. The molecule has 2 aliphatic rings. The van der Waals surface area contributed by atoms with E-state index in [1.807, 2.05) is 25.7 Å². The topological polar surface area (TPSA) is 57.7 Å². The number of likely N-dealkylation sites (tertiary alicyclic amines) is 1. The molecular formula is C18H22N2O3. The van der Waals surface area contributed by atoms with E-state index in [1.54, 1.807) is 24.3 Å². The van der Waals surface area contributed by atoms with Crippen molar-refractivity contribution in [1.29, 1.82) is 0 Å². The van der Waals surface area contributed by atoms with Crippen LogP contribution in [0.15, 0.2) is 24.3 Å². The highest BCUT2D eigenvalue weighted by Crippen LogP contribution is 2.29. The average Bonchev–Trinajstić information content (AvgIpc) is 2.78. The summed E-state index contributed by atoms with van der Waals surface area (Å²) in [6, 6.07) is 6.84. The van der Waals surface area contributed by atoms with Crippen molar-refractivity contribution in [3.05, 3.63) is 35.4 Å². The molecule has 1 aromatic carbocycles. The van der Waals surface area contributed by atoms with Crippen LogP contribution >= 0.6 is 0 Å². The largest absolute Gasteiger partial charge is 0.342 e. The second-order valence-electron chi connectivity index (χ2n) is 7.30. The second-order valence-corrected chi connectivity index (χ2v) is 7.30. The number of piperidine rings is 1. The summed E-state index contributed by atoms with van der Waals surface area (Å²) in [4.78, 5) is 40.6. The molecule has 1 fully saturated rings. The Balaban J connectivity index is 1.71. The van der Waals surface area contributed by atoms with Gasteiger partial charge < -0.3 is 4.90 Å². The summed E-state index contributed by atoms with van der Waals surface area (Å²) in [6.07, 6.45) is 1.29. The van der Waals surface area contributed by atoms with Crippen molar-refractivity contribution in [2.75, 3.05) is 13.1 Å². The van der Waals surface area contributed by atoms with Crippen LogP contribution in [0.4, 0.5) is 0 Å². The molecule has 23 heavy (non-hydrogen) atoms. The molecule has 0 spiro atoms. The molecule has 0 aromatic heterocycles. The van der Waals surface area contributed by atoms with Crippen LogP contribution in [0.25, 0.3) is 0 Å². The fraction of sp³-hybridized carbons (Fsp3) is 0.500. The van der Waals surface area contributed by atoms with Gasteiger partial charge in [0, 0.05) is 24.5 Å². The summed E-state index contributed by atoms with van der Waals surface area (Å²) >= 11 is 0. The molecule has 5 nitrogen and oxygen atoms in total. The molecule has 1 saturated heterocycles. The minimum atomic E-state index is -0.400. The molecule has 0 radical (unpaired) electrons. The van der Waals surface area contributed by atoms with Crippen LogP contribution in [-0.2, 0) is 4.79 Å². The van der Waals surface area contributed by atoms with E-state index in [9.17, 15) is 14.4 Å². The molecule has 3 amide bonds. The van der Waals surface area contributed by atoms with Crippen molar-refractivity contribution < 1.29 is 14.4 Å². The first-order valence-corrected chi connectivity index (χ1v) is 8.07. The van der Waals surface area contributed by atoms with Gasteiger partial charge in [0.2, 0.25) is 5.91 Å². The highest BCUT2D eigenvalue weighted by Gasteiger charge is 2.41. The Morgan fingerprint density at radius 1 is 1.00 bits per heavy atom. The molecule has 0 unspecified atom stereocenters. The molecular weight excluding hydrogens is 292 g/mol. The van der Waals surface area contributed by atoms with Gasteiger partial charge >= 0.3 is 0 Å². The quantitative estimate of drug-likeness (QED) is 0.748. The predicted octanol–water partition coefficient (Wildman–Crippen LogP) is 2.32. The highest BCUT2D eigenvalue weighted by atomic mass is 16.2. The van der Waals surface area contributed by atoms with Crippen LogP contribution in [0.3, 0.4) is 0 Å². The summed E-state index contributed by atoms with van der Waals surface area (Å²) in [5.74, 6) is -0.282. The number of fused-ring (bicyclic) bond motifs is 1. The molecule has 3 rings (SSSR count). The minimum Gasteiger partial charge on any atom is -0.342 e. The Morgan fingerprint density at radius 2 is 1.48 bits per heavy atom. The summed E-state index contributed by atoms with van der Waals surface area (Å²) in [6.45, 7) is 6.91. The van der Waals surface area contributed by atoms with Crippen molar-refractivity contribution in [3.8, 4) is 0 Å². The maximum Gasteiger partial charge on any atom is 0.261 e. The first kappa shape index (κ1) is 15.7. The lowest BCUT2D eigenvalue weighted by Crippen LogP contribution is -2.50. The van der Waals surface area contributed by atoms with Crippen LogP contribution in [0.2, 0.25) is 0 Å². The lowest BCUT2D eigenvalue weighted by Gasteiger charge is -2.38. The van der Waals surface area contributed by atoms with Crippen LogP contribution in [0.1, 0.15) is 54.3 Å². The number of carbonyl (C=O) groups excluding carboxylic acids is 3. The lowest BCUT2D eigenvalue weighted by molar-refractivity contribution is -0.140. The van der Waals surface area contributed by atoms with Crippen molar-refractivity contribution in [2.45, 2.75) is 39.7 Å². The SMILES string of the molecule is CC(C)(C)C(=O)N1CCC(N2C(=O)c3ccccc3C2=O)CC1. The van der Waals surface area contributed by atoms with Gasteiger partial charge in [-0.3, -0.25) is 19.3 Å². The Morgan fingerprint density at radius 3 is 1.91 bits per heavy atom.